The van der Waals surface area contributed by atoms with Crippen LogP contribution in [0.2, 0.25) is 0 Å². The van der Waals surface area contributed by atoms with E-state index in [9.17, 15) is 0 Å². The third-order valence-corrected chi connectivity index (χ3v) is 3.91. The predicted molar refractivity (Wildman–Crippen MR) is 60.2 cm³/mol. The van der Waals surface area contributed by atoms with Crippen LogP contribution in [0, 0.1) is 5.92 Å². The molecule has 1 saturated heterocycles. The summed E-state index contributed by atoms with van der Waals surface area (Å²) >= 11 is 0. The average molecular weight is 196 g/mol. The highest BCUT2D eigenvalue weighted by atomic mass is 15.2. The van der Waals surface area contributed by atoms with E-state index in [1.807, 2.05) is 0 Å². The van der Waals surface area contributed by atoms with Crippen molar-refractivity contribution in [1.29, 1.82) is 0 Å². The number of piperidine rings is 1. The lowest BCUT2D eigenvalue weighted by molar-refractivity contribution is 0.104. The second kappa shape index (κ2) is 4.63. The molecule has 0 bridgehead atoms. The average Bonchev–Trinajstić information content (AvgIpc) is 2.18. The zero-order chi connectivity index (χ0) is 9.97. The van der Waals surface area contributed by atoms with Gasteiger partial charge in [-0.05, 0) is 38.1 Å². The number of nitrogens with zero attached hydrogens (tertiary/aromatic N) is 1. The molecule has 0 amide bonds. The molecule has 14 heavy (non-hydrogen) atoms. The molecule has 2 heteroatoms. The summed E-state index contributed by atoms with van der Waals surface area (Å²) in [5.41, 5.74) is 6.02. The van der Waals surface area contributed by atoms with Crippen molar-refractivity contribution in [2.75, 3.05) is 13.1 Å². The lowest BCUT2D eigenvalue weighted by atomic mass is 9.85. The number of likely N-dealkylation sites (tertiary alicyclic amines) is 1. The zero-order valence-electron chi connectivity index (χ0n) is 9.41. The molecule has 0 aromatic carbocycles. The Hall–Kier alpha value is -0.0800. The van der Waals surface area contributed by atoms with Gasteiger partial charge >= 0.3 is 0 Å². The van der Waals surface area contributed by atoms with Crippen molar-refractivity contribution in [3.8, 4) is 0 Å². The van der Waals surface area contributed by atoms with Crippen LogP contribution >= 0.6 is 0 Å². The van der Waals surface area contributed by atoms with Crippen LogP contribution in [-0.2, 0) is 0 Å². The summed E-state index contributed by atoms with van der Waals surface area (Å²) in [4.78, 5) is 2.66. The molecule has 0 aromatic rings. The third kappa shape index (κ3) is 2.48. The van der Waals surface area contributed by atoms with Crippen LogP contribution in [-0.4, -0.2) is 30.1 Å². The lowest BCUT2D eigenvalue weighted by Gasteiger charge is -2.40. The number of rotatable bonds is 1. The standard InChI is InChI=1S/C12H24N2/c1-10-4-2-6-12(8-10)14-7-3-5-11(13)9-14/h10-12H,2-9,13H2,1H3/t10?,11-,12?/m1/s1. The van der Waals surface area contributed by atoms with E-state index in [0.29, 0.717) is 6.04 Å². The molecule has 0 spiro atoms. The molecule has 2 nitrogen and oxygen atoms in total. The summed E-state index contributed by atoms with van der Waals surface area (Å²) < 4.78 is 0. The van der Waals surface area contributed by atoms with Gasteiger partial charge in [0.1, 0.15) is 0 Å². The monoisotopic (exact) mass is 196 g/mol. The molecule has 0 radical (unpaired) electrons. The highest BCUT2D eigenvalue weighted by Gasteiger charge is 2.27. The molecular weight excluding hydrogens is 172 g/mol. The maximum absolute atomic E-state index is 6.02. The van der Waals surface area contributed by atoms with Crippen LogP contribution in [0.5, 0.6) is 0 Å². The molecule has 2 aliphatic rings. The first-order valence-electron chi connectivity index (χ1n) is 6.25. The fourth-order valence-corrected chi connectivity index (χ4v) is 3.11. The van der Waals surface area contributed by atoms with Crippen LogP contribution in [0.3, 0.4) is 0 Å². The maximum Gasteiger partial charge on any atom is 0.0168 e. The quantitative estimate of drug-likeness (QED) is 0.695. The minimum Gasteiger partial charge on any atom is -0.327 e. The number of nitrogens with two attached hydrogens (primary N) is 1. The lowest BCUT2D eigenvalue weighted by Crippen LogP contribution is -2.48. The summed E-state index contributed by atoms with van der Waals surface area (Å²) in [6.45, 7) is 4.85. The van der Waals surface area contributed by atoms with E-state index in [1.54, 1.807) is 0 Å². The Morgan fingerprint density at radius 1 is 1.14 bits per heavy atom. The van der Waals surface area contributed by atoms with Gasteiger partial charge < -0.3 is 5.73 Å². The Kier molecular flexibility index (Phi) is 3.45. The van der Waals surface area contributed by atoms with E-state index in [2.05, 4.69) is 11.8 Å². The molecule has 3 atom stereocenters. The van der Waals surface area contributed by atoms with Gasteiger partial charge in [0.25, 0.3) is 0 Å². The first-order valence-corrected chi connectivity index (χ1v) is 6.25. The highest BCUT2D eigenvalue weighted by Crippen LogP contribution is 2.28. The molecule has 2 fully saturated rings. The van der Waals surface area contributed by atoms with Gasteiger partial charge in [-0.3, -0.25) is 4.90 Å². The Morgan fingerprint density at radius 3 is 2.71 bits per heavy atom. The molecule has 2 unspecified atom stereocenters. The van der Waals surface area contributed by atoms with E-state index < -0.39 is 0 Å². The fraction of sp³-hybridized carbons (Fsp3) is 1.00. The molecule has 2 rings (SSSR count). The fourth-order valence-electron chi connectivity index (χ4n) is 3.11. The van der Waals surface area contributed by atoms with Crippen LogP contribution < -0.4 is 5.73 Å². The van der Waals surface area contributed by atoms with Crippen molar-refractivity contribution < 1.29 is 0 Å². The molecular formula is C12H24N2. The van der Waals surface area contributed by atoms with E-state index in [4.69, 9.17) is 5.73 Å². The van der Waals surface area contributed by atoms with Crippen molar-refractivity contribution in [2.45, 2.75) is 57.5 Å². The number of hydrogen-bond acceptors (Lipinski definition) is 2. The predicted octanol–water partition coefficient (Wildman–Crippen LogP) is 1.99. The van der Waals surface area contributed by atoms with Crippen LogP contribution in [0.4, 0.5) is 0 Å². The Morgan fingerprint density at radius 2 is 2.00 bits per heavy atom. The summed E-state index contributed by atoms with van der Waals surface area (Å²) in [5, 5.41) is 0. The van der Waals surface area contributed by atoms with Gasteiger partial charge in [0, 0.05) is 18.6 Å². The normalized spacial score (nSPS) is 41.1. The first-order chi connectivity index (χ1) is 6.75. The van der Waals surface area contributed by atoms with Gasteiger partial charge in [-0.2, -0.15) is 0 Å². The third-order valence-electron chi connectivity index (χ3n) is 3.91. The summed E-state index contributed by atoms with van der Waals surface area (Å²) in [6.07, 6.45) is 8.24. The minimum atomic E-state index is 0.445. The highest BCUT2D eigenvalue weighted by molar-refractivity contribution is 4.84. The van der Waals surface area contributed by atoms with Gasteiger partial charge in [-0.1, -0.05) is 19.8 Å². The zero-order valence-corrected chi connectivity index (χ0v) is 9.41. The van der Waals surface area contributed by atoms with Crippen molar-refractivity contribution in [3.05, 3.63) is 0 Å². The molecule has 82 valence electrons. The summed E-state index contributed by atoms with van der Waals surface area (Å²) in [7, 11) is 0. The van der Waals surface area contributed by atoms with Crippen molar-refractivity contribution in [1.82, 2.24) is 4.90 Å². The van der Waals surface area contributed by atoms with Crippen LogP contribution in [0.25, 0.3) is 0 Å². The summed E-state index contributed by atoms with van der Waals surface area (Å²) in [6, 6.07) is 1.30. The summed E-state index contributed by atoms with van der Waals surface area (Å²) in [5.74, 6) is 0.937. The molecule has 1 heterocycles. The molecule has 0 aromatic heterocycles. The van der Waals surface area contributed by atoms with Gasteiger partial charge in [0.2, 0.25) is 0 Å². The second-order valence-electron chi connectivity index (χ2n) is 5.32. The molecule has 1 aliphatic heterocycles. The smallest absolute Gasteiger partial charge is 0.0168 e. The van der Waals surface area contributed by atoms with Gasteiger partial charge in [-0.25, -0.2) is 0 Å². The topological polar surface area (TPSA) is 29.3 Å². The van der Waals surface area contributed by atoms with E-state index >= 15 is 0 Å². The largest absolute Gasteiger partial charge is 0.327 e. The number of hydrogen-bond donors (Lipinski definition) is 1. The first kappa shape index (κ1) is 10.4. The Labute approximate surface area is 87.8 Å². The Balaban J connectivity index is 1.86. The maximum atomic E-state index is 6.02. The van der Waals surface area contributed by atoms with Crippen LogP contribution in [0.1, 0.15) is 45.4 Å². The van der Waals surface area contributed by atoms with Gasteiger partial charge in [0.15, 0.2) is 0 Å². The SMILES string of the molecule is CC1CCCC(N2CCC[C@@H](N)C2)C1. The van der Waals surface area contributed by atoms with E-state index in [1.165, 1.54) is 45.1 Å². The van der Waals surface area contributed by atoms with Crippen molar-refractivity contribution >= 4 is 0 Å². The van der Waals surface area contributed by atoms with E-state index in [-0.39, 0.29) is 0 Å². The Bertz CT molecular complexity index is 161. The van der Waals surface area contributed by atoms with Crippen molar-refractivity contribution in [3.63, 3.8) is 0 Å². The van der Waals surface area contributed by atoms with Gasteiger partial charge in [0.05, 0.1) is 0 Å². The molecule has 1 aliphatic carbocycles. The molecule has 2 N–H and O–H groups in total. The van der Waals surface area contributed by atoms with E-state index in [0.717, 1.165) is 18.5 Å². The van der Waals surface area contributed by atoms with Crippen LogP contribution in [0.15, 0.2) is 0 Å². The second-order valence-corrected chi connectivity index (χ2v) is 5.32. The van der Waals surface area contributed by atoms with Crippen molar-refractivity contribution in [2.24, 2.45) is 11.7 Å². The molecule has 1 saturated carbocycles. The van der Waals surface area contributed by atoms with Gasteiger partial charge in [-0.15, -0.1) is 0 Å². The minimum absolute atomic E-state index is 0.445.